The molecule has 0 aliphatic heterocycles. The lowest BCUT2D eigenvalue weighted by molar-refractivity contribution is 0.113. The molecule has 0 aromatic heterocycles. The number of rotatable bonds is 1. The summed E-state index contributed by atoms with van der Waals surface area (Å²) in [5.74, 6) is -0.187. The van der Waals surface area contributed by atoms with E-state index >= 15 is 0 Å². The molecule has 0 amide bonds. The van der Waals surface area contributed by atoms with Gasteiger partial charge < -0.3 is 5.73 Å². The molecule has 0 spiro atoms. The van der Waals surface area contributed by atoms with E-state index in [2.05, 4.69) is 0 Å². The summed E-state index contributed by atoms with van der Waals surface area (Å²) < 4.78 is 13.4. The zero-order valence-electron chi connectivity index (χ0n) is 7.69. The van der Waals surface area contributed by atoms with Crippen molar-refractivity contribution < 1.29 is 4.39 Å². The van der Waals surface area contributed by atoms with Gasteiger partial charge in [0.05, 0.1) is 0 Å². The van der Waals surface area contributed by atoms with Gasteiger partial charge in [-0.1, -0.05) is 0 Å². The highest BCUT2D eigenvalue weighted by Crippen LogP contribution is 2.36. The minimum atomic E-state index is -0.818. The lowest BCUT2D eigenvalue weighted by Crippen LogP contribution is -2.51. The molecule has 1 aliphatic carbocycles. The van der Waals surface area contributed by atoms with Crippen LogP contribution in [0.1, 0.15) is 33.1 Å². The third-order valence-electron chi connectivity index (χ3n) is 2.60. The zero-order chi connectivity index (χ0) is 9.35. The number of nitrogens with two attached hydrogens (primary N) is 1. The van der Waals surface area contributed by atoms with E-state index in [1.807, 2.05) is 13.8 Å². The molecular weight excluding hydrogens is 177 g/mol. The molecule has 0 radical (unpaired) electrons. The van der Waals surface area contributed by atoms with Crippen LogP contribution in [0.5, 0.6) is 0 Å². The Morgan fingerprint density at radius 1 is 1.42 bits per heavy atom. The fourth-order valence-electron chi connectivity index (χ4n) is 2.03. The first-order valence-corrected chi connectivity index (χ1v) is 4.93. The minimum Gasteiger partial charge on any atom is -0.325 e. The Morgan fingerprint density at radius 3 is 2.33 bits per heavy atom. The van der Waals surface area contributed by atoms with Crippen LogP contribution in [0.25, 0.3) is 0 Å². The van der Waals surface area contributed by atoms with Crippen LogP contribution in [0.2, 0.25) is 0 Å². The summed E-state index contributed by atoms with van der Waals surface area (Å²) in [4.78, 5) is 0. The lowest BCUT2D eigenvalue weighted by Gasteiger charge is -2.39. The predicted molar refractivity (Wildman–Crippen MR) is 50.1 cm³/mol. The summed E-state index contributed by atoms with van der Waals surface area (Å²) in [7, 11) is 0. The van der Waals surface area contributed by atoms with Gasteiger partial charge in [0, 0.05) is 16.8 Å². The Labute approximate surface area is 78.5 Å². The largest absolute Gasteiger partial charge is 0.325 e. The lowest BCUT2D eigenvalue weighted by atomic mass is 9.76. The summed E-state index contributed by atoms with van der Waals surface area (Å²) in [6.45, 7) is 3.70. The van der Waals surface area contributed by atoms with Crippen LogP contribution >= 0.6 is 11.6 Å². The van der Waals surface area contributed by atoms with Gasteiger partial charge in [0.2, 0.25) is 0 Å². The molecule has 1 fully saturated rings. The molecule has 2 N–H and O–H groups in total. The van der Waals surface area contributed by atoms with Crippen molar-refractivity contribution in [3.05, 3.63) is 0 Å². The maximum atomic E-state index is 13.4. The molecule has 0 aromatic rings. The van der Waals surface area contributed by atoms with Crippen LogP contribution in [-0.2, 0) is 0 Å². The van der Waals surface area contributed by atoms with E-state index in [1.165, 1.54) is 0 Å². The average molecular weight is 194 g/mol. The normalized spacial score (nSPS) is 38.2. The molecule has 12 heavy (non-hydrogen) atoms. The molecule has 1 aliphatic rings. The van der Waals surface area contributed by atoms with Gasteiger partial charge in [-0.2, -0.15) is 0 Å². The van der Waals surface area contributed by atoms with E-state index < -0.39 is 11.7 Å². The van der Waals surface area contributed by atoms with Gasteiger partial charge >= 0.3 is 0 Å². The van der Waals surface area contributed by atoms with Crippen molar-refractivity contribution in [2.75, 3.05) is 0 Å². The summed E-state index contributed by atoms with van der Waals surface area (Å²) in [5.41, 5.74) is 5.37. The third kappa shape index (κ3) is 2.11. The molecule has 1 rings (SSSR count). The second-order valence-electron chi connectivity index (χ2n) is 4.31. The quantitative estimate of drug-likeness (QED) is 0.637. The maximum Gasteiger partial charge on any atom is 0.106 e. The standard InChI is InChI=1S/C9H17ClFN/c1-9(2,12)8-6(10)4-3-5-7(8)11/h6-8H,3-5,12H2,1-2H3. The predicted octanol–water partition coefficient (Wildman–Crippen LogP) is 2.47. The van der Waals surface area contributed by atoms with E-state index in [1.54, 1.807) is 0 Å². The van der Waals surface area contributed by atoms with Gasteiger partial charge in [0.1, 0.15) is 6.17 Å². The second kappa shape index (κ2) is 3.51. The first kappa shape index (κ1) is 10.3. The molecule has 3 unspecified atom stereocenters. The van der Waals surface area contributed by atoms with Crippen molar-refractivity contribution in [2.45, 2.75) is 50.2 Å². The Hall–Kier alpha value is 0.180. The van der Waals surface area contributed by atoms with Gasteiger partial charge in [0.25, 0.3) is 0 Å². The van der Waals surface area contributed by atoms with Gasteiger partial charge in [0.15, 0.2) is 0 Å². The average Bonchev–Trinajstić information content (AvgIpc) is 1.82. The molecule has 1 saturated carbocycles. The fourth-order valence-corrected chi connectivity index (χ4v) is 2.66. The van der Waals surface area contributed by atoms with Gasteiger partial charge in [-0.05, 0) is 33.1 Å². The van der Waals surface area contributed by atoms with Crippen LogP contribution in [0, 0.1) is 5.92 Å². The summed E-state index contributed by atoms with van der Waals surface area (Å²) in [6.07, 6.45) is 1.59. The van der Waals surface area contributed by atoms with Crippen molar-refractivity contribution in [1.82, 2.24) is 0 Å². The van der Waals surface area contributed by atoms with E-state index in [0.717, 1.165) is 12.8 Å². The Kier molecular flexibility index (Phi) is 3.00. The van der Waals surface area contributed by atoms with Crippen LogP contribution < -0.4 is 5.73 Å². The number of hydrogen-bond donors (Lipinski definition) is 1. The highest BCUT2D eigenvalue weighted by atomic mass is 35.5. The van der Waals surface area contributed by atoms with Gasteiger partial charge in [-0.3, -0.25) is 0 Å². The van der Waals surface area contributed by atoms with Crippen molar-refractivity contribution in [1.29, 1.82) is 0 Å². The number of alkyl halides is 2. The Morgan fingerprint density at radius 2 is 2.00 bits per heavy atom. The van der Waals surface area contributed by atoms with Crippen molar-refractivity contribution in [3.63, 3.8) is 0 Å². The number of hydrogen-bond acceptors (Lipinski definition) is 1. The summed E-state index contributed by atoms with van der Waals surface area (Å²) >= 11 is 6.04. The molecular formula is C9H17ClFN. The molecule has 0 saturated heterocycles. The highest BCUT2D eigenvalue weighted by molar-refractivity contribution is 6.21. The minimum absolute atomic E-state index is 0.0891. The van der Waals surface area contributed by atoms with E-state index in [9.17, 15) is 4.39 Å². The topological polar surface area (TPSA) is 26.0 Å². The van der Waals surface area contributed by atoms with Crippen molar-refractivity contribution in [2.24, 2.45) is 11.7 Å². The highest BCUT2D eigenvalue weighted by Gasteiger charge is 2.40. The fraction of sp³-hybridized carbons (Fsp3) is 1.00. The molecule has 0 aromatic carbocycles. The first-order valence-electron chi connectivity index (χ1n) is 4.50. The molecule has 0 heterocycles. The van der Waals surface area contributed by atoms with Crippen LogP contribution in [-0.4, -0.2) is 17.1 Å². The van der Waals surface area contributed by atoms with Crippen molar-refractivity contribution >= 4 is 11.6 Å². The van der Waals surface area contributed by atoms with Gasteiger partial charge in [-0.15, -0.1) is 11.6 Å². The summed E-state index contributed by atoms with van der Waals surface area (Å²) in [5, 5.41) is -0.0891. The van der Waals surface area contributed by atoms with E-state index in [-0.39, 0.29) is 11.3 Å². The smallest absolute Gasteiger partial charge is 0.106 e. The molecule has 1 nitrogen and oxygen atoms in total. The van der Waals surface area contributed by atoms with Crippen LogP contribution in [0.15, 0.2) is 0 Å². The van der Waals surface area contributed by atoms with E-state index in [0.29, 0.717) is 6.42 Å². The molecule has 3 heteroatoms. The third-order valence-corrected chi connectivity index (χ3v) is 3.09. The molecule has 0 bridgehead atoms. The Bertz CT molecular complexity index is 145. The number of halogens is 2. The van der Waals surface area contributed by atoms with Crippen LogP contribution in [0.3, 0.4) is 0 Å². The van der Waals surface area contributed by atoms with Crippen LogP contribution in [0.4, 0.5) is 4.39 Å². The van der Waals surface area contributed by atoms with Crippen molar-refractivity contribution in [3.8, 4) is 0 Å². The maximum absolute atomic E-state index is 13.4. The monoisotopic (exact) mass is 193 g/mol. The molecule has 72 valence electrons. The zero-order valence-corrected chi connectivity index (χ0v) is 8.44. The van der Waals surface area contributed by atoms with Gasteiger partial charge in [-0.25, -0.2) is 4.39 Å². The summed E-state index contributed by atoms with van der Waals surface area (Å²) in [6, 6.07) is 0. The Balaban J connectivity index is 2.69. The SMILES string of the molecule is CC(C)(N)C1C(F)CCCC1Cl. The van der Waals surface area contributed by atoms with E-state index in [4.69, 9.17) is 17.3 Å². The first-order chi connectivity index (χ1) is 5.43. The second-order valence-corrected chi connectivity index (χ2v) is 4.87. The molecule has 3 atom stereocenters.